The van der Waals surface area contributed by atoms with E-state index >= 15 is 0 Å². The van der Waals surface area contributed by atoms with Gasteiger partial charge >= 0.3 is 0 Å². The molecule has 0 spiro atoms. The zero-order valence-corrected chi connectivity index (χ0v) is 6.84. The molecule has 0 saturated carbocycles. The van der Waals surface area contributed by atoms with Crippen molar-refractivity contribution in [2.45, 2.75) is 27.2 Å². The summed E-state index contributed by atoms with van der Waals surface area (Å²) in [6.07, 6.45) is -0.119. The molecule has 0 nitrogen and oxygen atoms in total. The molecule has 0 rings (SSSR count). The van der Waals surface area contributed by atoms with Gasteiger partial charge in [0, 0.05) is 0 Å². The lowest BCUT2D eigenvalue weighted by Gasteiger charge is -1.97. The third-order valence-electron chi connectivity index (χ3n) is 1.18. The number of hydrogen-bond donors (Lipinski definition) is 0. The zero-order chi connectivity index (χ0) is 9.02. The first-order valence-corrected chi connectivity index (χ1v) is 3.38. The highest BCUT2D eigenvalue weighted by Gasteiger charge is 2.10. The van der Waals surface area contributed by atoms with Crippen molar-refractivity contribution >= 4 is 0 Å². The van der Waals surface area contributed by atoms with E-state index in [0.29, 0.717) is 0 Å². The fraction of sp³-hybridized carbons (Fsp3) is 0.500. The van der Waals surface area contributed by atoms with Gasteiger partial charge in [-0.05, 0) is 25.8 Å². The Bertz CT molecular complexity index is 197. The maximum Gasteiger partial charge on any atom is 0.190 e. The van der Waals surface area contributed by atoms with Crippen molar-refractivity contribution in [1.29, 1.82) is 0 Å². The van der Waals surface area contributed by atoms with E-state index in [1.54, 1.807) is 0 Å². The van der Waals surface area contributed by atoms with Crippen LogP contribution in [0, 0.1) is 0 Å². The molecule has 0 saturated heterocycles. The monoisotopic (exact) mass is 164 g/mol. The fourth-order valence-corrected chi connectivity index (χ4v) is 0.494. The molecule has 0 aromatic heterocycles. The zero-order valence-electron chi connectivity index (χ0n) is 6.84. The maximum absolute atomic E-state index is 12.6. The molecule has 0 aliphatic heterocycles. The van der Waals surface area contributed by atoms with Crippen LogP contribution in [-0.4, -0.2) is 0 Å². The second kappa shape index (κ2) is 4.21. The summed E-state index contributed by atoms with van der Waals surface area (Å²) in [4.78, 5) is 0. The smallest absolute Gasteiger partial charge is 0.190 e. The van der Waals surface area contributed by atoms with Crippen molar-refractivity contribution < 1.29 is 13.2 Å². The quantitative estimate of drug-likeness (QED) is 0.544. The first-order chi connectivity index (χ1) is 5.00. The molecule has 0 bridgehead atoms. The molecule has 0 aliphatic rings. The molecule has 64 valence electrons. The van der Waals surface area contributed by atoms with Crippen molar-refractivity contribution in [3.63, 3.8) is 0 Å². The van der Waals surface area contributed by atoms with Crippen molar-refractivity contribution in [3.05, 3.63) is 23.1 Å². The average Bonchev–Trinajstić information content (AvgIpc) is 2.00. The summed E-state index contributed by atoms with van der Waals surface area (Å²) in [5.74, 6) is -3.50. The lowest BCUT2D eigenvalue weighted by atomic mass is 10.2. The second-order valence-corrected chi connectivity index (χ2v) is 2.39. The lowest BCUT2D eigenvalue weighted by Crippen LogP contribution is -1.83. The van der Waals surface area contributed by atoms with Crippen LogP contribution in [0.1, 0.15) is 27.2 Å². The normalized spacial score (nSPS) is 12.5. The van der Waals surface area contributed by atoms with Crippen molar-refractivity contribution in [1.82, 2.24) is 0 Å². The molecule has 0 unspecified atom stereocenters. The molecular weight excluding hydrogens is 153 g/mol. The SMILES string of the molecule is CC/C(F)=C(/F)C(F)=C(C)C. The molecule has 0 atom stereocenters. The number of halogens is 3. The third kappa shape index (κ3) is 2.78. The molecule has 3 heteroatoms. The fourth-order valence-electron chi connectivity index (χ4n) is 0.494. The van der Waals surface area contributed by atoms with Crippen LogP contribution in [0.5, 0.6) is 0 Å². The minimum absolute atomic E-state index is 0.119. The van der Waals surface area contributed by atoms with Gasteiger partial charge in [0.15, 0.2) is 11.7 Å². The molecular formula is C8H11F3. The van der Waals surface area contributed by atoms with Gasteiger partial charge in [0.25, 0.3) is 0 Å². The molecule has 0 N–H and O–H groups in total. The Morgan fingerprint density at radius 1 is 1.00 bits per heavy atom. The van der Waals surface area contributed by atoms with Gasteiger partial charge in [-0.1, -0.05) is 6.92 Å². The molecule has 0 heterocycles. The van der Waals surface area contributed by atoms with Crippen LogP contribution in [0.3, 0.4) is 0 Å². The standard InChI is InChI=1S/C8H11F3/c1-4-6(9)8(11)7(10)5(2)3/h4H2,1-3H3/b8-6-. The van der Waals surface area contributed by atoms with Crippen LogP contribution in [0.4, 0.5) is 13.2 Å². The topological polar surface area (TPSA) is 0 Å². The Morgan fingerprint density at radius 3 is 1.73 bits per heavy atom. The summed E-state index contributed by atoms with van der Waals surface area (Å²) in [6.45, 7) is 4.20. The van der Waals surface area contributed by atoms with Crippen LogP contribution in [0.2, 0.25) is 0 Å². The average molecular weight is 164 g/mol. The van der Waals surface area contributed by atoms with E-state index in [-0.39, 0.29) is 12.0 Å². The predicted molar refractivity (Wildman–Crippen MR) is 39.0 cm³/mol. The number of rotatable bonds is 2. The Balaban J connectivity index is 4.75. The van der Waals surface area contributed by atoms with E-state index in [1.807, 2.05) is 0 Å². The summed E-state index contributed by atoms with van der Waals surface area (Å²) in [7, 11) is 0. The third-order valence-corrected chi connectivity index (χ3v) is 1.18. The lowest BCUT2D eigenvalue weighted by molar-refractivity contribution is 0.477. The van der Waals surface area contributed by atoms with E-state index in [0.717, 1.165) is 0 Å². The van der Waals surface area contributed by atoms with Gasteiger partial charge in [0.2, 0.25) is 0 Å². The van der Waals surface area contributed by atoms with Crippen LogP contribution in [0.15, 0.2) is 23.1 Å². The van der Waals surface area contributed by atoms with Crippen molar-refractivity contribution in [2.24, 2.45) is 0 Å². The maximum atomic E-state index is 12.6. The second-order valence-electron chi connectivity index (χ2n) is 2.39. The van der Waals surface area contributed by atoms with E-state index < -0.39 is 17.5 Å². The van der Waals surface area contributed by atoms with E-state index in [2.05, 4.69) is 0 Å². The van der Waals surface area contributed by atoms with Crippen LogP contribution >= 0.6 is 0 Å². The van der Waals surface area contributed by atoms with E-state index in [9.17, 15) is 13.2 Å². The minimum Gasteiger partial charge on any atom is -0.209 e. The largest absolute Gasteiger partial charge is 0.209 e. The molecule has 0 fully saturated rings. The highest BCUT2D eigenvalue weighted by atomic mass is 19.2. The van der Waals surface area contributed by atoms with Crippen LogP contribution in [0.25, 0.3) is 0 Å². The number of allylic oxidation sites excluding steroid dienone is 4. The Morgan fingerprint density at radius 2 is 1.45 bits per heavy atom. The van der Waals surface area contributed by atoms with Gasteiger partial charge in [-0.2, -0.15) is 0 Å². The first-order valence-electron chi connectivity index (χ1n) is 3.38. The summed E-state index contributed by atoms with van der Waals surface area (Å²) in [6, 6.07) is 0. The highest BCUT2D eigenvalue weighted by molar-refractivity contribution is 5.24. The minimum atomic E-state index is -1.37. The summed E-state index contributed by atoms with van der Waals surface area (Å²) in [5, 5.41) is 0. The molecule has 0 amide bonds. The van der Waals surface area contributed by atoms with E-state index in [1.165, 1.54) is 20.8 Å². The molecule has 11 heavy (non-hydrogen) atoms. The summed E-state index contributed by atoms with van der Waals surface area (Å²) >= 11 is 0. The van der Waals surface area contributed by atoms with Crippen LogP contribution < -0.4 is 0 Å². The van der Waals surface area contributed by atoms with Gasteiger partial charge in [-0.3, -0.25) is 0 Å². The summed E-state index contributed by atoms with van der Waals surface area (Å²) in [5.41, 5.74) is 0.145. The Kier molecular flexibility index (Phi) is 3.93. The Labute approximate surface area is 64.4 Å². The Hall–Kier alpha value is -0.730. The van der Waals surface area contributed by atoms with Gasteiger partial charge in [0.05, 0.1) is 0 Å². The number of hydrogen-bond acceptors (Lipinski definition) is 0. The van der Waals surface area contributed by atoms with Gasteiger partial charge in [-0.15, -0.1) is 0 Å². The van der Waals surface area contributed by atoms with Crippen LogP contribution in [-0.2, 0) is 0 Å². The van der Waals surface area contributed by atoms with Crippen molar-refractivity contribution in [3.8, 4) is 0 Å². The molecule has 0 aromatic carbocycles. The first kappa shape index (κ1) is 10.3. The van der Waals surface area contributed by atoms with E-state index in [4.69, 9.17) is 0 Å². The summed E-state index contributed by atoms with van der Waals surface area (Å²) < 4.78 is 37.4. The van der Waals surface area contributed by atoms with Gasteiger partial charge in [-0.25, -0.2) is 13.2 Å². The molecule has 0 aliphatic carbocycles. The highest BCUT2D eigenvalue weighted by Crippen LogP contribution is 2.23. The van der Waals surface area contributed by atoms with Gasteiger partial charge < -0.3 is 0 Å². The molecule has 0 aromatic rings. The van der Waals surface area contributed by atoms with Crippen molar-refractivity contribution in [2.75, 3.05) is 0 Å². The predicted octanol–water partition coefficient (Wildman–Crippen LogP) is 3.81. The molecule has 0 radical (unpaired) electrons. The van der Waals surface area contributed by atoms with Gasteiger partial charge in [0.1, 0.15) is 5.83 Å².